The van der Waals surface area contributed by atoms with Crippen LogP contribution in [0, 0.1) is 0 Å². The summed E-state index contributed by atoms with van der Waals surface area (Å²) < 4.78 is 28.5. The van der Waals surface area contributed by atoms with Crippen molar-refractivity contribution in [1.82, 2.24) is 10.1 Å². The first kappa shape index (κ1) is 15.0. The Morgan fingerprint density at radius 1 is 1.25 bits per heavy atom. The number of halogens is 1. The van der Waals surface area contributed by atoms with Gasteiger partial charge in [-0.05, 0) is 31.5 Å². The third kappa shape index (κ3) is 3.80. The van der Waals surface area contributed by atoms with Gasteiger partial charge in [-0.25, -0.2) is 8.42 Å². The monoisotopic (exact) mass is 314 g/mol. The lowest BCUT2D eigenvalue weighted by molar-refractivity contribution is 0.383. The van der Waals surface area contributed by atoms with E-state index in [-0.39, 0.29) is 11.6 Å². The molecular formula is C13H15ClN2O3S. The largest absolute Gasteiger partial charge is 0.338 e. The molecule has 7 heteroatoms. The van der Waals surface area contributed by atoms with Crippen molar-refractivity contribution in [3.63, 3.8) is 0 Å². The zero-order chi connectivity index (χ0) is 14.8. The third-order valence-electron chi connectivity index (χ3n) is 2.83. The predicted octanol–water partition coefficient (Wildman–Crippen LogP) is 2.64. The molecule has 0 N–H and O–H groups in total. The summed E-state index contributed by atoms with van der Waals surface area (Å²) in [5.41, 5.74) is 0.980. The molecule has 0 unspecified atom stereocenters. The zero-order valence-electron chi connectivity index (χ0n) is 11.2. The van der Waals surface area contributed by atoms with E-state index in [1.54, 1.807) is 26.0 Å². The number of aromatic nitrogens is 2. The summed E-state index contributed by atoms with van der Waals surface area (Å²) in [7, 11) is -3.23. The average Bonchev–Trinajstić information content (AvgIpc) is 2.78. The normalized spacial score (nSPS) is 12.0. The molecule has 0 aliphatic rings. The van der Waals surface area contributed by atoms with Gasteiger partial charge in [0.15, 0.2) is 15.7 Å². The SMILES string of the molecule is CC(C)S(=O)(=O)Cc1nc(Cc2ccc(Cl)cc2)no1. The number of hydrogen-bond donors (Lipinski definition) is 0. The molecule has 0 aliphatic carbocycles. The molecule has 0 aliphatic heterocycles. The van der Waals surface area contributed by atoms with Gasteiger partial charge in [0, 0.05) is 11.4 Å². The maximum absolute atomic E-state index is 11.8. The maximum atomic E-state index is 11.8. The van der Waals surface area contributed by atoms with E-state index in [4.69, 9.17) is 16.1 Å². The van der Waals surface area contributed by atoms with Gasteiger partial charge in [0.05, 0.1) is 5.25 Å². The average molecular weight is 315 g/mol. The first-order valence-corrected chi connectivity index (χ1v) is 8.23. The third-order valence-corrected chi connectivity index (χ3v) is 5.17. The van der Waals surface area contributed by atoms with Crippen LogP contribution in [0.3, 0.4) is 0 Å². The van der Waals surface area contributed by atoms with Crippen LogP contribution in [0.25, 0.3) is 0 Å². The topological polar surface area (TPSA) is 73.1 Å². The first-order valence-electron chi connectivity index (χ1n) is 6.14. The highest BCUT2D eigenvalue weighted by atomic mass is 35.5. The van der Waals surface area contributed by atoms with E-state index in [2.05, 4.69) is 10.1 Å². The van der Waals surface area contributed by atoms with Crippen molar-refractivity contribution >= 4 is 21.4 Å². The molecule has 0 spiro atoms. The van der Waals surface area contributed by atoms with Crippen LogP contribution >= 0.6 is 11.6 Å². The molecule has 2 rings (SSSR count). The van der Waals surface area contributed by atoms with Crippen molar-refractivity contribution in [2.45, 2.75) is 31.3 Å². The fourth-order valence-electron chi connectivity index (χ4n) is 1.54. The molecule has 1 aromatic heterocycles. The predicted molar refractivity (Wildman–Crippen MR) is 76.3 cm³/mol. The summed E-state index contributed by atoms with van der Waals surface area (Å²) in [5.74, 6) is 0.363. The van der Waals surface area contributed by atoms with E-state index in [0.29, 0.717) is 17.3 Å². The molecule has 0 amide bonds. The highest BCUT2D eigenvalue weighted by Gasteiger charge is 2.20. The summed E-state index contributed by atoms with van der Waals surface area (Å²) in [4.78, 5) is 4.11. The van der Waals surface area contributed by atoms with Crippen molar-refractivity contribution in [3.8, 4) is 0 Å². The van der Waals surface area contributed by atoms with Crippen LogP contribution in [0.1, 0.15) is 31.1 Å². The highest BCUT2D eigenvalue weighted by Crippen LogP contribution is 2.14. The van der Waals surface area contributed by atoms with Crippen LogP contribution in [0.15, 0.2) is 28.8 Å². The quantitative estimate of drug-likeness (QED) is 0.848. The van der Waals surface area contributed by atoms with Gasteiger partial charge in [0.2, 0.25) is 5.89 Å². The van der Waals surface area contributed by atoms with Gasteiger partial charge in [0.1, 0.15) is 5.75 Å². The van der Waals surface area contributed by atoms with Crippen molar-refractivity contribution in [1.29, 1.82) is 0 Å². The zero-order valence-corrected chi connectivity index (χ0v) is 12.8. The fourth-order valence-corrected chi connectivity index (χ4v) is 2.46. The second kappa shape index (κ2) is 5.93. The molecule has 20 heavy (non-hydrogen) atoms. The molecule has 0 saturated carbocycles. The molecule has 0 atom stereocenters. The summed E-state index contributed by atoms with van der Waals surface area (Å²) in [6.45, 7) is 3.25. The van der Waals surface area contributed by atoms with Crippen LogP contribution in [0.2, 0.25) is 5.02 Å². The number of sulfone groups is 1. The summed E-state index contributed by atoms with van der Waals surface area (Å²) in [6, 6.07) is 7.29. The van der Waals surface area contributed by atoms with E-state index >= 15 is 0 Å². The minimum atomic E-state index is -3.23. The van der Waals surface area contributed by atoms with Crippen molar-refractivity contribution in [3.05, 3.63) is 46.6 Å². The molecule has 5 nitrogen and oxygen atoms in total. The molecule has 0 radical (unpaired) electrons. The Labute approximate surface area is 122 Å². The second-order valence-electron chi connectivity index (χ2n) is 4.76. The molecule has 108 valence electrons. The summed E-state index contributed by atoms with van der Waals surface area (Å²) in [5, 5.41) is 3.99. The van der Waals surface area contributed by atoms with E-state index in [1.807, 2.05) is 12.1 Å². The van der Waals surface area contributed by atoms with Crippen LogP contribution in [0.4, 0.5) is 0 Å². The van der Waals surface area contributed by atoms with Crippen molar-refractivity contribution in [2.75, 3.05) is 0 Å². The lowest BCUT2D eigenvalue weighted by atomic mass is 10.1. The van der Waals surface area contributed by atoms with Crippen molar-refractivity contribution < 1.29 is 12.9 Å². The van der Waals surface area contributed by atoms with Crippen LogP contribution in [-0.2, 0) is 22.0 Å². The molecule has 1 aromatic carbocycles. The second-order valence-corrected chi connectivity index (χ2v) is 7.76. The Bertz CT molecular complexity index is 678. The molecule has 0 bridgehead atoms. The smallest absolute Gasteiger partial charge is 0.241 e. The van der Waals surface area contributed by atoms with Gasteiger partial charge in [-0.3, -0.25) is 0 Å². The van der Waals surface area contributed by atoms with Crippen LogP contribution in [0.5, 0.6) is 0 Å². The van der Waals surface area contributed by atoms with E-state index in [0.717, 1.165) is 5.56 Å². The van der Waals surface area contributed by atoms with Crippen molar-refractivity contribution in [2.24, 2.45) is 0 Å². The highest BCUT2D eigenvalue weighted by molar-refractivity contribution is 7.91. The minimum absolute atomic E-state index is 0.127. The molecular weight excluding hydrogens is 300 g/mol. The Morgan fingerprint density at radius 2 is 1.90 bits per heavy atom. The molecule has 0 saturated heterocycles. The number of nitrogens with zero attached hydrogens (tertiary/aromatic N) is 2. The van der Waals surface area contributed by atoms with E-state index in [1.165, 1.54) is 0 Å². The van der Waals surface area contributed by atoms with Gasteiger partial charge in [-0.2, -0.15) is 4.98 Å². The summed E-state index contributed by atoms with van der Waals surface area (Å²) in [6.07, 6.45) is 0.475. The Kier molecular flexibility index (Phi) is 4.45. The minimum Gasteiger partial charge on any atom is -0.338 e. The maximum Gasteiger partial charge on any atom is 0.241 e. The lowest BCUT2D eigenvalue weighted by Gasteiger charge is -2.03. The van der Waals surface area contributed by atoms with Gasteiger partial charge in [-0.15, -0.1) is 0 Å². The lowest BCUT2D eigenvalue weighted by Crippen LogP contribution is -2.16. The van der Waals surface area contributed by atoms with E-state index < -0.39 is 15.1 Å². The standard InChI is InChI=1S/C13H15ClN2O3S/c1-9(2)20(17,18)8-13-15-12(16-19-13)7-10-3-5-11(14)6-4-10/h3-6,9H,7-8H2,1-2H3. The van der Waals surface area contributed by atoms with Gasteiger partial charge in [0.25, 0.3) is 0 Å². The van der Waals surface area contributed by atoms with Gasteiger partial charge in [-0.1, -0.05) is 28.9 Å². The summed E-state index contributed by atoms with van der Waals surface area (Å²) >= 11 is 5.80. The van der Waals surface area contributed by atoms with Gasteiger partial charge < -0.3 is 4.52 Å². The van der Waals surface area contributed by atoms with Crippen LogP contribution in [-0.4, -0.2) is 23.8 Å². The Balaban J connectivity index is 2.08. The molecule has 0 fully saturated rings. The molecule has 1 heterocycles. The molecule has 2 aromatic rings. The van der Waals surface area contributed by atoms with Crippen LogP contribution < -0.4 is 0 Å². The Morgan fingerprint density at radius 3 is 2.50 bits per heavy atom. The number of benzene rings is 1. The fraction of sp³-hybridized carbons (Fsp3) is 0.385. The number of rotatable bonds is 5. The van der Waals surface area contributed by atoms with E-state index in [9.17, 15) is 8.42 Å². The Hall–Kier alpha value is -1.40. The number of hydrogen-bond acceptors (Lipinski definition) is 5. The first-order chi connectivity index (χ1) is 9.37. The van der Waals surface area contributed by atoms with Gasteiger partial charge >= 0.3 is 0 Å².